The van der Waals surface area contributed by atoms with Crippen LogP contribution in [-0.2, 0) is 14.8 Å². The number of aromatic nitrogens is 1. The second-order valence-electron chi connectivity index (χ2n) is 7.43. The molecule has 1 aliphatic heterocycles. The zero-order chi connectivity index (χ0) is 23.7. The second-order valence-corrected chi connectivity index (χ2v) is 10.4. The van der Waals surface area contributed by atoms with Gasteiger partial charge < -0.3 is 19.7 Å². The molecule has 1 aromatic heterocycles. The van der Waals surface area contributed by atoms with E-state index in [1.807, 2.05) is 38.2 Å². The lowest BCUT2D eigenvalue weighted by molar-refractivity contribution is -0.118. The second kappa shape index (κ2) is 12.2. The van der Waals surface area contributed by atoms with Crippen LogP contribution in [0.2, 0.25) is 0 Å². The SMILES string of the molecule is CCOc1ccc(OCCNC(=O)CSc2ccc(S(=O)(=O)N3CCN(C)CC3)cn2)cc1. The van der Waals surface area contributed by atoms with Crippen molar-refractivity contribution in [2.75, 3.05) is 58.7 Å². The largest absolute Gasteiger partial charge is 0.494 e. The van der Waals surface area contributed by atoms with Gasteiger partial charge in [-0.15, -0.1) is 0 Å². The fraction of sp³-hybridized carbons (Fsp3) is 0.455. The number of hydrogen-bond acceptors (Lipinski definition) is 8. The van der Waals surface area contributed by atoms with E-state index in [4.69, 9.17) is 9.47 Å². The van der Waals surface area contributed by atoms with Gasteiger partial charge in [0.05, 0.1) is 23.9 Å². The first-order valence-corrected chi connectivity index (χ1v) is 13.2. The minimum absolute atomic E-state index is 0.147. The van der Waals surface area contributed by atoms with E-state index >= 15 is 0 Å². The van der Waals surface area contributed by atoms with Crippen LogP contribution >= 0.6 is 11.8 Å². The summed E-state index contributed by atoms with van der Waals surface area (Å²) in [6.45, 7) is 5.62. The molecule has 0 saturated carbocycles. The number of rotatable bonds is 11. The molecule has 11 heteroatoms. The quantitative estimate of drug-likeness (QED) is 0.372. The molecule has 0 atom stereocenters. The molecule has 9 nitrogen and oxygen atoms in total. The van der Waals surface area contributed by atoms with Gasteiger partial charge in [-0.25, -0.2) is 13.4 Å². The van der Waals surface area contributed by atoms with Crippen molar-refractivity contribution in [3.05, 3.63) is 42.6 Å². The van der Waals surface area contributed by atoms with Crippen molar-refractivity contribution in [2.45, 2.75) is 16.8 Å². The molecule has 2 aromatic rings. The molecular formula is C22H30N4O5S2. The highest BCUT2D eigenvalue weighted by Crippen LogP contribution is 2.21. The van der Waals surface area contributed by atoms with E-state index in [-0.39, 0.29) is 16.6 Å². The Balaban J connectivity index is 1.37. The van der Waals surface area contributed by atoms with Gasteiger partial charge >= 0.3 is 0 Å². The van der Waals surface area contributed by atoms with Gasteiger partial charge in [0, 0.05) is 32.4 Å². The van der Waals surface area contributed by atoms with Crippen molar-refractivity contribution in [2.24, 2.45) is 0 Å². The van der Waals surface area contributed by atoms with Gasteiger partial charge in [0.2, 0.25) is 15.9 Å². The van der Waals surface area contributed by atoms with Gasteiger partial charge in [-0.05, 0) is 50.4 Å². The molecule has 0 spiro atoms. The molecule has 0 bridgehead atoms. The molecule has 1 N–H and O–H groups in total. The molecule has 1 amide bonds. The Morgan fingerprint density at radius 2 is 1.73 bits per heavy atom. The Morgan fingerprint density at radius 3 is 2.33 bits per heavy atom. The molecule has 1 saturated heterocycles. The highest BCUT2D eigenvalue weighted by molar-refractivity contribution is 7.99. The Bertz CT molecular complexity index is 992. The van der Waals surface area contributed by atoms with Gasteiger partial charge in [0.1, 0.15) is 23.0 Å². The van der Waals surface area contributed by atoms with Crippen molar-refractivity contribution in [1.82, 2.24) is 19.5 Å². The molecule has 1 fully saturated rings. The van der Waals surface area contributed by atoms with Crippen LogP contribution in [0.5, 0.6) is 11.5 Å². The smallest absolute Gasteiger partial charge is 0.244 e. The van der Waals surface area contributed by atoms with Crippen molar-refractivity contribution >= 4 is 27.7 Å². The molecule has 2 heterocycles. The van der Waals surface area contributed by atoms with E-state index in [9.17, 15) is 13.2 Å². The third-order valence-corrected chi connectivity index (χ3v) is 7.81. The lowest BCUT2D eigenvalue weighted by atomic mass is 10.3. The zero-order valence-electron chi connectivity index (χ0n) is 18.9. The van der Waals surface area contributed by atoms with E-state index in [1.165, 1.54) is 22.3 Å². The lowest BCUT2D eigenvalue weighted by Gasteiger charge is -2.31. The summed E-state index contributed by atoms with van der Waals surface area (Å²) in [6.07, 6.45) is 1.36. The first-order chi connectivity index (χ1) is 15.9. The Hall–Kier alpha value is -2.34. The maximum Gasteiger partial charge on any atom is 0.244 e. The highest BCUT2D eigenvalue weighted by Gasteiger charge is 2.27. The van der Waals surface area contributed by atoms with Gasteiger partial charge in [-0.1, -0.05) is 11.8 Å². The van der Waals surface area contributed by atoms with Gasteiger partial charge in [0.25, 0.3) is 0 Å². The highest BCUT2D eigenvalue weighted by atomic mass is 32.2. The van der Waals surface area contributed by atoms with Crippen LogP contribution in [0.25, 0.3) is 0 Å². The topological polar surface area (TPSA) is 101 Å². The molecule has 0 unspecified atom stereocenters. The van der Waals surface area contributed by atoms with Crippen molar-refractivity contribution in [3.8, 4) is 11.5 Å². The molecule has 0 radical (unpaired) electrons. The Morgan fingerprint density at radius 1 is 1.06 bits per heavy atom. The maximum atomic E-state index is 12.7. The van der Waals surface area contributed by atoms with Gasteiger partial charge in [-0.2, -0.15) is 4.31 Å². The number of nitrogens with zero attached hydrogens (tertiary/aromatic N) is 3. The van der Waals surface area contributed by atoms with Crippen molar-refractivity contribution in [3.63, 3.8) is 0 Å². The summed E-state index contributed by atoms with van der Waals surface area (Å²) in [7, 11) is -1.57. The monoisotopic (exact) mass is 494 g/mol. The minimum Gasteiger partial charge on any atom is -0.494 e. The number of thioether (sulfide) groups is 1. The average Bonchev–Trinajstić information content (AvgIpc) is 2.82. The molecule has 1 aromatic carbocycles. The van der Waals surface area contributed by atoms with E-state index in [2.05, 4.69) is 15.2 Å². The number of sulfonamides is 1. The lowest BCUT2D eigenvalue weighted by Crippen LogP contribution is -2.47. The van der Waals surface area contributed by atoms with Crippen LogP contribution < -0.4 is 14.8 Å². The van der Waals surface area contributed by atoms with E-state index in [0.29, 0.717) is 56.7 Å². The third kappa shape index (κ3) is 7.60. The zero-order valence-corrected chi connectivity index (χ0v) is 20.5. The summed E-state index contributed by atoms with van der Waals surface area (Å²) in [5, 5.41) is 3.38. The van der Waals surface area contributed by atoms with E-state index < -0.39 is 10.0 Å². The number of ether oxygens (including phenoxy) is 2. The molecule has 3 rings (SSSR count). The fourth-order valence-electron chi connectivity index (χ4n) is 3.13. The van der Waals surface area contributed by atoms with Crippen LogP contribution in [0, 0.1) is 0 Å². The fourth-order valence-corrected chi connectivity index (χ4v) is 5.17. The predicted molar refractivity (Wildman–Crippen MR) is 127 cm³/mol. The normalized spacial score (nSPS) is 15.2. The molecule has 0 aliphatic carbocycles. The summed E-state index contributed by atoms with van der Waals surface area (Å²) in [5.74, 6) is 1.53. The van der Waals surface area contributed by atoms with Crippen LogP contribution in [0.4, 0.5) is 0 Å². The van der Waals surface area contributed by atoms with Crippen LogP contribution in [0.3, 0.4) is 0 Å². The summed E-state index contributed by atoms with van der Waals surface area (Å²) in [6, 6.07) is 10.5. The number of carbonyl (C=O) groups excluding carboxylic acids is 1. The number of piperazine rings is 1. The maximum absolute atomic E-state index is 12.7. The number of hydrogen-bond donors (Lipinski definition) is 1. The summed E-state index contributed by atoms with van der Waals surface area (Å²) in [4.78, 5) is 18.6. The summed E-state index contributed by atoms with van der Waals surface area (Å²) < 4.78 is 38.0. The van der Waals surface area contributed by atoms with Gasteiger partial charge in [0.15, 0.2) is 0 Å². The van der Waals surface area contributed by atoms with E-state index in [0.717, 1.165) is 5.75 Å². The standard InChI is InChI=1S/C22H30N4O5S2/c1-3-30-18-4-6-19(7-5-18)31-15-10-23-21(27)17-32-22-9-8-20(16-24-22)33(28,29)26-13-11-25(2)12-14-26/h4-9,16H,3,10-15,17H2,1-2H3,(H,23,27). The summed E-state index contributed by atoms with van der Waals surface area (Å²) >= 11 is 1.25. The van der Waals surface area contributed by atoms with Crippen molar-refractivity contribution < 1.29 is 22.7 Å². The predicted octanol–water partition coefficient (Wildman–Crippen LogP) is 1.70. The molecule has 33 heavy (non-hydrogen) atoms. The van der Waals surface area contributed by atoms with Crippen LogP contribution in [0.15, 0.2) is 52.5 Å². The van der Waals surface area contributed by atoms with Gasteiger partial charge in [-0.3, -0.25) is 4.79 Å². The number of nitrogens with one attached hydrogen (secondary N) is 1. The third-order valence-electron chi connectivity index (χ3n) is 4.99. The van der Waals surface area contributed by atoms with Crippen LogP contribution in [-0.4, -0.2) is 87.3 Å². The summed E-state index contributed by atoms with van der Waals surface area (Å²) in [5.41, 5.74) is 0. The number of likely N-dealkylation sites (N-methyl/N-ethyl adjacent to an activating group) is 1. The Labute approximate surface area is 199 Å². The minimum atomic E-state index is -3.54. The number of carbonyl (C=O) groups is 1. The average molecular weight is 495 g/mol. The van der Waals surface area contributed by atoms with E-state index in [1.54, 1.807) is 12.1 Å². The van der Waals surface area contributed by atoms with Crippen molar-refractivity contribution in [1.29, 1.82) is 0 Å². The number of pyridine rings is 1. The first-order valence-electron chi connectivity index (χ1n) is 10.8. The molecule has 180 valence electrons. The number of amides is 1. The first kappa shape index (κ1) is 25.3. The van der Waals surface area contributed by atoms with Crippen LogP contribution in [0.1, 0.15) is 6.92 Å². The number of benzene rings is 1. The molecular weight excluding hydrogens is 464 g/mol. The molecule has 1 aliphatic rings. The Kier molecular flexibility index (Phi) is 9.36.